The van der Waals surface area contributed by atoms with Gasteiger partial charge in [-0.05, 0) is 19.1 Å². The second-order valence-electron chi connectivity index (χ2n) is 3.02. The third-order valence-electron chi connectivity index (χ3n) is 1.62. The summed E-state index contributed by atoms with van der Waals surface area (Å²) >= 11 is 0. The van der Waals surface area contributed by atoms with E-state index in [-0.39, 0.29) is 6.54 Å². The van der Waals surface area contributed by atoms with Crippen LogP contribution in [0.25, 0.3) is 0 Å². The normalized spacial score (nSPS) is 14.1. The molecule has 1 atom stereocenters. The van der Waals surface area contributed by atoms with Crippen molar-refractivity contribution in [3.8, 4) is 11.8 Å². The van der Waals surface area contributed by atoms with Gasteiger partial charge in [0.25, 0.3) is 0 Å². The Bertz CT molecular complexity index is 319. The van der Waals surface area contributed by atoms with Gasteiger partial charge in [-0.25, -0.2) is 4.39 Å². The van der Waals surface area contributed by atoms with Crippen molar-refractivity contribution in [3.63, 3.8) is 0 Å². The molecule has 2 heteroatoms. The molecule has 0 radical (unpaired) electrons. The molecule has 0 aliphatic carbocycles. The number of hydrogen-bond donors (Lipinski definition) is 1. The molecule has 2 N–H and O–H groups in total. The first-order valence-corrected chi connectivity index (χ1v) is 4.11. The van der Waals surface area contributed by atoms with Crippen LogP contribution in [-0.4, -0.2) is 12.2 Å². The molecular weight excluding hydrogens is 165 g/mol. The predicted octanol–water partition coefficient (Wildman–Crippen LogP) is 1.72. The van der Waals surface area contributed by atoms with Crippen molar-refractivity contribution in [2.45, 2.75) is 12.6 Å². The monoisotopic (exact) mass is 177 g/mol. The minimum absolute atomic E-state index is 0.0766. The molecule has 0 saturated carbocycles. The van der Waals surface area contributed by atoms with Crippen LogP contribution in [0.2, 0.25) is 0 Å². The van der Waals surface area contributed by atoms with Crippen molar-refractivity contribution in [2.24, 2.45) is 5.73 Å². The first kappa shape index (κ1) is 9.76. The van der Waals surface area contributed by atoms with Gasteiger partial charge in [-0.2, -0.15) is 0 Å². The zero-order valence-corrected chi connectivity index (χ0v) is 7.55. The van der Waals surface area contributed by atoms with E-state index in [1.165, 1.54) is 6.92 Å². The smallest absolute Gasteiger partial charge is 0.180 e. The van der Waals surface area contributed by atoms with E-state index in [1.54, 1.807) is 0 Å². The van der Waals surface area contributed by atoms with Crippen LogP contribution in [0.15, 0.2) is 30.3 Å². The Morgan fingerprint density at radius 1 is 1.38 bits per heavy atom. The van der Waals surface area contributed by atoms with Crippen molar-refractivity contribution in [1.29, 1.82) is 0 Å². The van der Waals surface area contributed by atoms with Gasteiger partial charge in [-0.1, -0.05) is 30.0 Å². The summed E-state index contributed by atoms with van der Waals surface area (Å²) in [7, 11) is 0. The molecule has 0 heterocycles. The topological polar surface area (TPSA) is 26.0 Å². The highest BCUT2D eigenvalue weighted by molar-refractivity contribution is 5.35. The van der Waals surface area contributed by atoms with E-state index < -0.39 is 5.67 Å². The summed E-state index contributed by atoms with van der Waals surface area (Å²) < 4.78 is 13.2. The Labute approximate surface area is 77.8 Å². The van der Waals surface area contributed by atoms with Crippen molar-refractivity contribution >= 4 is 0 Å². The van der Waals surface area contributed by atoms with Crippen LogP contribution in [0.5, 0.6) is 0 Å². The summed E-state index contributed by atoms with van der Waals surface area (Å²) in [5.41, 5.74) is 4.41. The molecule has 1 rings (SSSR count). The van der Waals surface area contributed by atoms with Crippen molar-refractivity contribution in [1.82, 2.24) is 0 Å². The zero-order valence-electron chi connectivity index (χ0n) is 7.55. The summed E-state index contributed by atoms with van der Waals surface area (Å²) in [6.45, 7) is 1.30. The average Bonchev–Trinajstić information content (AvgIpc) is 2.17. The summed E-state index contributed by atoms with van der Waals surface area (Å²) in [5.74, 6) is 5.21. The Morgan fingerprint density at radius 2 is 2.00 bits per heavy atom. The lowest BCUT2D eigenvalue weighted by molar-refractivity contribution is 0.281. The van der Waals surface area contributed by atoms with Gasteiger partial charge in [-0.15, -0.1) is 0 Å². The second-order valence-corrected chi connectivity index (χ2v) is 3.02. The number of hydrogen-bond acceptors (Lipinski definition) is 1. The lowest BCUT2D eigenvalue weighted by atomic mass is 10.1. The highest BCUT2D eigenvalue weighted by atomic mass is 19.1. The maximum atomic E-state index is 13.2. The van der Waals surface area contributed by atoms with Gasteiger partial charge >= 0.3 is 0 Å². The Morgan fingerprint density at radius 3 is 2.54 bits per heavy atom. The fraction of sp³-hybridized carbons (Fsp3) is 0.273. The summed E-state index contributed by atoms with van der Waals surface area (Å²) in [5, 5.41) is 0. The molecule has 0 aliphatic rings. The molecule has 13 heavy (non-hydrogen) atoms. The molecule has 1 aromatic rings. The van der Waals surface area contributed by atoms with Gasteiger partial charge in [0.1, 0.15) is 0 Å². The Kier molecular flexibility index (Phi) is 3.05. The van der Waals surface area contributed by atoms with Crippen LogP contribution in [0.3, 0.4) is 0 Å². The minimum atomic E-state index is -1.59. The number of rotatable bonds is 1. The van der Waals surface area contributed by atoms with Gasteiger partial charge in [-0.3, -0.25) is 0 Å². The number of benzene rings is 1. The van der Waals surface area contributed by atoms with Crippen molar-refractivity contribution in [3.05, 3.63) is 35.9 Å². The lowest BCUT2D eigenvalue weighted by Crippen LogP contribution is -2.27. The average molecular weight is 177 g/mol. The lowest BCUT2D eigenvalue weighted by Gasteiger charge is -2.07. The highest BCUT2D eigenvalue weighted by Crippen LogP contribution is 2.05. The largest absolute Gasteiger partial charge is 0.327 e. The van der Waals surface area contributed by atoms with E-state index >= 15 is 0 Å². The van der Waals surface area contributed by atoms with Gasteiger partial charge in [0.2, 0.25) is 0 Å². The minimum Gasteiger partial charge on any atom is -0.327 e. The molecule has 1 unspecified atom stereocenters. The van der Waals surface area contributed by atoms with E-state index in [4.69, 9.17) is 5.73 Å². The van der Waals surface area contributed by atoms with Crippen LogP contribution in [-0.2, 0) is 0 Å². The van der Waals surface area contributed by atoms with Crippen LogP contribution >= 0.6 is 0 Å². The Balaban J connectivity index is 2.79. The van der Waals surface area contributed by atoms with Gasteiger partial charge in [0.05, 0.1) is 0 Å². The molecule has 0 bridgehead atoms. The van der Waals surface area contributed by atoms with Crippen LogP contribution in [0, 0.1) is 11.8 Å². The first-order valence-electron chi connectivity index (χ1n) is 4.11. The zero-order chi connectivity index (χ0) is 9.73. The molecule has 0 amide bonds. The standard InChI is InChI=1S/C11H12FN/c1-11(12,9-13)8-7-10-5-3-2-4-6-10/h2-6H,9,13H2,1H3. The molecule has 68 valence electrons. The quantitative estimate of drug-likeness (QED) is 0.649. The van der Waals surface area contributed by atoms with E-state index in [0.717, 1.165) is 5.56 Å². The number of alkyl halides is 1. The Hall–Kier alpha value is -1.33. The number of nitrogens with two attached hydrogens (primary N) is 1. The molecule has 0 saturated heterocycles. The van der Waals surface area contributed by atoms with E-state index in [1.807, 2.05) is 30.3 Å². The van der Waals surface area contributed by atoms with Crippen LogP contribution < -0.4 is 5.73 Å². The second kappa shape index (κ2) is 4.06. The summed E-state index contributed by atoms with van der Waals surface area (Å²) in [6.07, 6.45) is 0. The SMILES string of the molecule is CC(F)(C#Cc1ccccc1)CN. The summed E-state index contributed by atoms with van der Waals surface area (Å²) in [4.78, 5) is 0. The highest BCUT2D eigenvalue weighted by Gasteiger charge is 2.15. The van der Waals surface area contributed by atoms with Gasteiger partial charge in [0, 0.05) is 12.1 Å². The molecule has 0 aromatic heterocycles. The fourth-order valence-corrected chi connectivity index (χ4v) is 0.775. The fourth-order valence-electron chi connectivity index (χ4n) is 0.775. The molecule has 0 aliphatic heterocycles. The van der Waals surface area contributed by atoms with E-state index in [0.29, 0.717) is 0 Å². The third-order valence-corrected chi connectivity index (χ3v) is 1.62. The van der Waals surface area contributed by atoms with Crippen LogP contribution in [0.4, 0.5) is 4.39 Å². The van der Waals surface area contributed by atoms with E-state index in [2.05, 4.69) is 11.8 Å². The predicted molar refractivity (Wildman–Crippen MR) is 51.9 cm³/mol. The molecule has 1 nitrogen and oxygen atoms in total. The maximum absolute atomic E-state index is 13.2. The van der Waals surface area contributed by atoms with Gasteiger partial charge in [0.15, 0.2) is 5.67 Å². The van der Waals surface area contributed by atoms with Crippen LogP contribution in [0.1, 0.15) is 12.5 Å². The molecule has 1 aromatic carbocycles. The molecule has 0 fully saturated rings. The van der Waals surface area contributed by atoms with Crippen molar-refractivity contribution < 1.29 is 4.39 Å². The molecule has 0 spiro atoms. The number of halogens is 1. The first-order chi connectivity index (χ1) is 6.14. The van der Waals surface area contributed by atoms with Crippen molar-refractivity contribution in [2.75, 3.05) is 6.54 Å². The van der Waals surface area contributed by atoms with Gasteiger partial charge < -0.3 is 5.73 Å². The maximum Gasteiger partial charge on any atom is 0.180 e. The summed E-state index contributed by atoms with van der Waals surface area (Å²) in [6, 6.07) is 9.28. The third kappa shape index (κ3) is 3.27. The van der Waals surface area contributed by atoms with E-state index in [9.17, 15) is 4.39 Å². The molecular formula is C11H12FN.